The number of carbonyl (C=O) groups excluding carboxylic acids is 3. The molecule has 1 atom stereocenters. The SMILES string of the molecule is Cc1ccccc1NC(=O)COC(=O)[C@H](Cc1c[nH]c2ccccc12)NC(=O)c1ccccc1Cl. The van der Waals surface area contributed by atoms with Crippen LogP contribution >= 0.6 is 11.6 Å². The molecule has 0 unspecified atom stereocenters. The fraction of sp³-hybridized carbons (Fsp3) is 0.148. The number of hydrogen-bond donors (Lipinski definition) is 3. The minimum atomic E-state index is -1.04. The number of aryl methyl sites for hydroxylation is 1. The van der Waals surface area contributed by atoms with Crippen LogP contribution in [-0.2, 0) is 20.7 Å². The van der Waals surface area contributed by atoms with Gasteiger partial charge in [0.05, 0.1) is 10.6 Å². The third-order valence-corrected chi connectivity index (χ3v) is 5.90. The van der Waals surface area contributed by atoms with Crippen molar-refractivity contribution in [2.24, 2.45) is 0 Å². The molecule has 0 fully saturated rings. The molecule has 0 bridgehead atoms. The van der Waals surface area contributed by atoms with Gasteiger partial charge in [0, 0.05) is 29.2 Å². The Labute approximate surface area is 207 Å². The first-order valence-corrected chi connectivity index (χ1v) is 11.4. The molecule has 1 aromatic heterocycles. The lowest BCUT2D eigenvalue weighted by molar-refractivity contribution is -0.149. The smallest absolute Gasteiger partial charge is 0.329 e. The van der Waals surface area contributed by atoms with Gasteiger partial charge >= 0.3 is 5.97 Å². The third-order valence-electron chi connectivity index (χ3n) is 5.57. The van der Waals surface area contributed by atoms with E-state index in [1.54, 1.807) is 42.6 Å². The minimum absolute atomic E-state index is 0.165. The average Bonchev–Trinajstić information content (AvgIpc) is 3.26. The summed E-state index contributed by atoms with van der Waals surface area (Å²) in [5, 5.41) is 6.63. The van der Waals surface area contributed by atoms with Gasteiger partial charge < -0.3 is 20.4 Å². The summed E-state index contributed by atoms with van der Waals surface area (Å²) in [6.45, 7) is 1.38. The van der Waals surface area contributed by atoms with Crippen molar-refractivity contribution in [3.8, 4) is 0 Å². The monoisotopic (exact) mass is 489 g/mol. The number of halogens is 1. The minimum Gasteiger partial charge on any atom is -0.454 e. The Morgan fingerprint density at radius 2 is 1.69 bits per heavy atom. The largest absolute Gasteiger partial charge is 0.454 e. The standard InChI is InChI=1S/C27H24ClN3O4/c1-17-8-2-6-12-22(17)30-25(32)16-35-27(34)24(31-26(33)20-10-3-5-11-21(20)28)14-18-15-29-23-13-7-4-9-19(18)23/h2-13,15,24,29H,14,16H2,1H3,(H,30,32)(H,31,33)/t24-/m0/s1. The van der Waals surface area contributed by atoms with E-state index in [-0.39, 0.29) is 17.0 Å². The molecule has 0 aliphatic rings. The molecule has 4 rings (SSSR count). The van der Waals surface area contributed by atoms with Gasteiger partial charge in [0.25, 0.3) is 11.8 Å². The lowest BCUT2D eigenvalue weighted by atomic mass is 10.0. The summed E-state index contributed by atoms with van der Waals surface area (Å²) in [6, 6.07) is 20.5. The number of aromatic nitrogens is 1. The molecule has 4 aromatic rings. The van der Waals surface area contributed by atoms with Crippen LogP contribution in [0.15, 0.2) is 79.0 Å². The summed E-state index contributed by atoms with van der Waals surface area (Å²) in [6.07, 6.45) is 1.95. The number of benzene rings is 3. The Morgan fingerprint density at radius 1 is 0.971 bits per heavy atom. The number of nitrogens with one attached hydrogen (secondary N) is 3. The highest BCUT2D eigenvalue weighted by atomic mass is 35.5. The first-order chi connectivity index (χ1) is 16.9. The van der Waals surface area contributed by atoms with Crippen molar-refractivity contribution in [3.63, 3.8) is 0 Å². The highest BCUT2D eigenvalue weighted by molar-refractivity contribution is 6.33. The van der Waals surface area contributed by atoms with Gasteiger partial charge in [0.1, 0.15) is 6.04 Å². The third kappa shape index (κ3) is 5.88. The van der Waals surface area contributed by atoms with Gasteiger partial charge in [-0.25, -0.2) is 4.79 Å². The van der Waals surface area contributed by atoms with Crippen molar-refractivity contribution in [1.82, 2.24) is 10.3 Å². The first-order valence-electron chi connectivity index (χ1n) is 11.0. The molecular weight excluding hydrogens is 466 g/mol. The number of rotatable bonds is 8. The number of amides is 2. The second-order valence-corrected chi connectivity index (χ2v) is 8.45. The molecular formula is C27H24ClN3O4. The van der Waals surface area contributed by atoms with Crippen LogP contribution in [0.3, 0.4) is 0 Å². The average molecular weight is 490 g/mol. The van der Waals surface area contributed by atoms with Crippen molar-refractivity contribution < 1.29 is 19.1 Å². The number of anilines is 1. The molecule has 0 aliphatic carbocycles. The number of hydrogen-bond acceptors (Lipinski definition) is 4. The van der Waals surface area contributed by atoms with Crippen molar-refractivity contribution in [3.05, 3.63) is 101 Å². The number of carbonyl (C=O) groups is 3. The summed E-state index contributed by atoms with van der Waals surface area (Å²) in [5.41, 5.74) is 3.49. The maximum absolute atomic E-state index is 13.0. The quantitative estimate of drug-likeness (QED) is 0.313. The van der Waals surface area contributed by atoms with Gasteiger partial charge in [-0.1, -0.05) is 60.1 Å². The Morgan fingerprint density at radius 3 is 2.49 bits per heavy atom. The fourth-order valence-corrected chi connectivity index (χ4v) is 3.95. The van der Waals surface area contributed by atoms with Crippen molar-refractivity contribution in [2.45, 2.75) is 19.4 Å². The number of esters is 1. The van der Waals surface area contributed by atoms with Crippen LogP contribution in [0.5, 0.6) is 0 Å². The van der Waals surface area contributed by atoms with E-state index in [4.69, 9.17) is 16.3 Å². The number of para-hydroxylation sites is 2. The predicted molar refractivity (Wildman–Crippen MR) is 135 cm³/mol. The van der Waals surface area contributed by atoms with Crippen molar-refractivity contribution in [1.29, 1.82) is 0 Å². The molecule has 3 N–H and O–H groups in total. The molecule has 178 valence electrons. The highest BCUT2D eigenvalue weighted by Crippen LogP contribution is 2.20. The molecule has 1 heterocycles. The van der Waals surface area contributed by atoms with Crippen LogP contribution in [0.4, 0.5) is 5.69 Å². The summed E-state index contributed by atoms with van der Waals surface area (Å²) >= 11 is 6.16. The van der Waals surface area contributed by atoms with Gasteiger partial charge in [-0.3, -0.25) is 9.59 Å². The predicted octanol–water partition coefficient (Wildman–Crippen LogP) is 4.65. The van der Waals surface area contributed by atoms with E-state index in [0.29, 0.717) is 5.69 Å². The fourth-order valence-electron chi connectivity index (χ4n) is 3.73. The van der Waals surface area contributed by atoms with Crippen LogP contribution in [0, 0.1) is 6.92 Å². The second kappa shape index (κ2) is 10.9. The Balaban J connectivity index is 1.49. The number of fused-ring (bicyclic) bond motifs is 1. The molecule has 0 saturated heterocycles. The second-order valence-electron chi connectivity index (χ2n) is 8.04. The van der Waals surface area contributed by atoms with Gasteiger partial charge in [-0.15, -0.1) is 0 Å². The summed E-state index contributed by atoms with van der Waals surface area (Å²) in [7, 11) is 0. The Bertz CT molecular complexity index is 1380. The van der Waals surface area contributed by atoms with Crippen LogP contribution < -0.4 is 10.6 Å². The van der Waals surface area contributed by atoms with Gasteiger partial charge in [0.15, 0.2) is 6.61 Å². The maximum atomic E-state index is 13.0. The number of H-pyrrole nitrogens is 1. The van der Waals surface area contributed by atoms with Crippen molar-refractivity contribution >= 4 is 46.0 Å². The van der Waals surface area contributed by atoms with E-state index in [1.807, 2.05) is 43.3 Å². The van der Waals surface area contributed by atoms with E-state index in [1.165, 1.54) is 0 Å². The summed E-state index contributed by atoms with van der Waals surface area (Å²) in [5.74, 6) is -1.71. The highest BCUT2D eigenvalue weighted by Gasteiger charge is 2.26. The van der Waals surface area contributed by atoms with E-state index < -0.39 is 30.4 Å². The van der Waals surface area contributed by atoms with Crippen molar-refractivity contribution in [2.75, 3.05) is 11.9 Å². The van der Waals surface area contributed by atoms with Gasteiger partial charge in [-0.05, 0) is 42.3 Å². The van der Waals surface area contributed by atoms with E-state index >= 15 is 0 Å². The molecule has 3 aromatic carbocycles. The molecule has 2 amide bonds. The maximum Gasteiger partial charge on any atom is 0.329 e. The van der Waals surface area contributed by atoms with E-state index in [2.05, 4.69) is 15.6 Å². The van der Waals surface area contributed by atoms with Gasteiger partial charge in [-0.2, -0.15) is 0 Å². The number of aromatic amines is 1. The molecule has 35 heavy (non-hydrogen) atoms. The Hall–Kier alpha value is -4.10. The zero-order chi connectivity index (χ0) is 24.8. The molecule has 0 spiro atoms. The normalized spacial score (nSPS) is 11.6. The van der Waals surface area contributed by atoms with Crippen LogP contribution in [0.2, 0.25) is 5.02 Å². The van der Waals surface area contributed by atoms with E-state index in [9.17, 15) is 14.4 Å². The van der Waals surface area contributed by atoms with Crippen LogP contribution in [-0.4, -0.2) is 35.4 Å². The first kappa shape index (κ1) is 24.0. The Kier molecular flexibility index (Phi) is 7.48. The molecule has 8 heteroatoms. The molecule has 0 aliphatic heterocycles. The topological polar surface area (TPSA) is 100 Å². The zero-order valence-electron chi connectivity index (χ0n) is 19.0. The van der Waals surface area contributed by atoms with Crippen LogP contribution in [0.25, 0.3) is 10.9 Å². The lowest BCUT2D eigenvalue weighted by Gasteiger charge is -2.18. The summed E-state index contributed by atoms with van der Waals surface area (Å²) < 4.78 is 5.30. The lowest BCUT2D eigenvalue weighted by Crippen LogP contribution is -2.44. The van der Waals surface area contributed by atoms with E-state index in [0.717, 1.165) is 22.0 Å². The molecule has 0 saturated carbocycles. The zero-order valence-corrected chi connectivity index (χ0v) is 19.8. The van der Waals surface area contributed by atoms with Gasteiger partial charge in [0.2, 0.25) is 0 Å². The number of ether oxygens (including phenoxy) is 1. The summed E-state index contributed by atoms with van der Waals surface area (Å²) in [4.78, 5) is 41.5. The molecule has 7 nitrogen and oxygen atoms in total. The molecule has 0 radical (unpaired) electrons. The van der Waals surface area contributed by atoms with Crippen LogP contribution in [0.1, 0.15) is 21.5 Å².